The van der Waals surface area contributed by atoms with Gasteiger partial charge in [0.05, 0.1) is 16.3 Å². The maximum atomic E-state index is 12.5. The number of nitrogens with one attached hydrogen (secondary N) is 3. The van der Waals surface area contributed by atoms with Gasteiger partial charge in [-0.2, -0.15) is 0 Å². The van der Waals surface area contributed by atoms with E-state index in [0.29, 0.717) is 4.88 Å². The first-order valence-corrected chi connectivity index (χ1v) is 9.23. The summed E-state index contributed by atoms with van der Waals surface area (Å²) in [5, 5.41) is 10.8. The van der Waals surface area contributed by atoms with Gasteiger partial charge in [-0.05, 0) is 30.5 Å². The Kier molecular flexibility index (Phi) is 5.67. The van der Waals surface area contributed by atoms with Gasteiger partial charge in [0.1, 0.15) is 6.04 Å². The number of anilines is 2. The van der Waals surface area contributed by atoms with Crippen LogP contribution in [-0.4, -0.2) is 44.0 Å². The Morgan fingerprint density at radius 2 is 1.92 bits per heavy atom. The monoisotopic (exact) mass is 358 g/mol. The van der Waals surface area contributed by atoms with Gasteiger partial charge in [0.2, 0.25) is 5.91 Å². The predicted molar refractivity (Wildman–Crippen MR) is 101 cm³/mol. The van der Waals surface area contributed by atoms with E-state index >= 15 is 0 Å². The van der Waals surface area contributed by atoms with Crippen LogP contribution >= 0.6 is 11.3 Å². The van der Waals surface area contributed by atoms with E-state index in [1.165, 1.54) is 11.3 Å². The first-order valence-electron chi connectivity index (χ1n) is 8.35. The van der Waals surface area contributed by atoms with Crippen molar-refractivity contribution in [2.75, 3.05) is 36.4 Å². The van der Waals surface area contributed by atoms with Gasteiger partial charge < -0.3 is 20.9 Å². The number of benzene rings is 1. The fraction of sp³-hybridized carbons (Fsp3) is 0.333. The molecule has 1 aliphatic rings. The zero-order valence-corrected chi connectivity index (χ0v) is 14.9. The fourth-order valence-electron chi connectivity index (χ4n) is 2.74. The van der Waals surface area contributed by atoms with Crippen LogP contribution in [0.25, 0.3) is 0 Å². The summed E-state index contributed by atoms with van der Waals surface area (Å²) in [6, 6.07) is 10.7. The second-order valence-corrected chi connectivity index (χ2v) is 6.86. The minimum absolute atomic E-state index is 0.229. The maximum Gasteiger partial charge on any atom is 0.261 e. The van der Waals surface area contributed by atoms with E-state index in [0.717, 1.165) is 37.6 Å². The number of thiophene rings is 1. The van der Waals surface area contributed by atoms with Crippen molar-refractivity contribution in [1.82, 2.24) is 10.6 Å². The largest absolute Gasteiger partial charge is 0.367 e. The van der Waals surface area contributed by atoms with E-state index in [4.69, 9.17) is 0 Å². The highest BCUT2D eigenvalue weighted by atomic mass is 32.1. The molecule has 1 unspecified atom stereocenters. The number of carbonyl (C=O) groups excluding carboxylic acids is 2. The van der Waals surface area contributed by atoms with Crippen LogP contribution in [0.1, 0.15) is 16.6 Å². The van der Waals surface area contributed by atoms with Gasteiger partial charge in [-0.25, -0.2) is 0 Å². The highest BCUT2D eigenvalue weighted by Crippen LogP contribution is 2.26. The molecule has 1 atom stereocenters. The average Bonchev–Trinajstić information content (AvgIpc) is 3.17. The molecule has 1 aromatic carbocycles. The third kappa shape index (κ3) is 4.37. The highest BCUT2D eigenvalue weighted by molar-refractivity contribution is 7.12. The van der Waals surface area contributed by atoms with Crippen LogP contribution in [0.3, 0.4) is 0 Å². The molecule has 6 nitrogen and oxygen atoms in total. The summed E-state index contributed by atoms with van der Waals surface area (Å²) in [6.07, 6.45) is 0. The van der Waals surface area contributed by atoms with Crippen molar-refractivity contribution in [1.29, 1.82) is 0 Å². The third-order valence-corrected chi connectivity index (χ3v) is 4.97. The zero-order chi connectivity index (χ0) is 17.6. The third-order valence-electron chi connectivity index (χ3n) is 4.11. The van der Waals surface area contributed by atoms with Gasteiger partial charge in [-0.15, -0.1) is 11.3 Å². The number of hydrogen-bond donors (Lipinski definition) is 3. The molecule has 2 heterocycles. The van der Waals surface area contributed by atoms with Crippen molar-refractivity contribution in [2.24, 2.45) is 0 Å². The van der Waals surface area contributed by atoms with Crippen molar-refractivity contribution >= 4 is 34.5 Å². The Morgan fingerprint density at radius 3 is 2.64 bits per heavy atom. The number of carbonyl (C=O) groups is 2. The summed E-state index contributed by atoms with van der Waals surface area (Å²) in [5.74, 6) is -0.458. The van der Waals surface area contributed by atoms with Gasteiger partial charge >= 0.3 is 0 Å². The summed E-state index contributed by atoms with van der Waals surface area (Å²) in [7, 11) is 0. The van der Waals surface area contributed by atoms with E-state index < -0.39 is 6.04 Å². The lowest BCUT2D eigenvalue weighted by Gasteiger charge is -2.31. The van der Waals surface area contributed by atoms with E-state index in [2.05, 4.69) is 20.9 Å². The molecule has 0 saturated carbocycles. The topological polar surface area (TPSA) is 73.5 Å². The lowest BCUT2D eigenvalue weighted by molar-refractivity contribution is -0.117. The molecule has 0 bridgehead atoms. The van der Waals surface area contributed by atoms with Gasteiger partial charge in [0.25, 0.3) is 5.91 Å². The van der Waals surface area contributed by atoms with Crippen LogP contribution in [0.4, 0.5) is 11.4 Å². The van der Waals surface area contributed by atoms with Crippen LogP contribution in [-0.2, 0) is 4.79 Å². The summed E-state index contributed by atoms with van der Waals surface area (Å²) < 4.78 is 0. The molecular formula is C18H22N4O2S. The lowest BCUT2D eigenvalue weighted by Crippen LogP contribution is -2.44. The van der Waals surface area contributed by atoms with Gasteiger partial charge in [-0.1, -0.05) is 18.2 Å². The molecule has 2 aromatic rings. The molecule has 1 aliphatic heterocycles. The number of nitrogens with zero attached hydrogens (tertiary/aromatic N) is 1. The van der Waals surface area contributed by atoms with Crippen molar-refractivity contribution in [2.45, 2.75) is 13.0 Å². The Bertz CT molecular complexity index is 726. The fourth-order valence-corrected chi connectivity index (χ4v) is 3.37. The van der Waals surface area contributed by atoms with Crippen LogP contribution in [0.2, 0.25) is 0 Å². The smallest absolute Gasteiger partial charge is 0.261 e. The number of rotatable bonds is 5. The predicted octanol–water partition coefficient (Wildman–Crippen LogP) is 1.91. The van der Waals surface area contributed by atoms with Crippen molar-refractivity contribution in [3.8, 4) is 0 Å². The molecule has 3 rings (SSSR count). The Morgan fingerprint density at radius 1 is 1.16 bits per heavy atom. The molecule has 0 radical (unpaired) electrons. The molecule has 0 aliphatic carbocycles. The molecule has 25 heavy (non-hydrogen) atoms. The molecule has 1 saturated heterocycles. The van der Waals surface area contributed by atoms with E-state index in [1.54, 1.807) is 13.0 Å². The second kappa shape index (κ2) is 8.13. The van der Waals surface area contributed by atoms with Crippen molar-refractivity contribution in [3.05, 3.63) is 46.7 Å². The summed E-state index contributed by atoms with van der Waals surface area (Å²) >= 11 is 1.35. The Hall–Kier alpha value is -2.38. The van der Waals surface area contributed by atoms with E-state index in [-0.39, 0.29) is 11.8 Å². The zero-order valence-electron chi connectivity index (χ0n) is 14.1. The molecule has 1 aromatic heterocycles. The summed E-state index contributed by atoms with van der Waals surface area (Å²) in [6.45, 7) is 5.34. The number of amides is 2. The Labute approximate surface area is 151 Å². The number of hydrogen-bond acceptors (Lipinski definition) is 5. The first-order chi connectivity index (χ1) is 12.1. The molecular weight excluding hydrogens is 336 g/mol. The minimum Gasteiger partial charge on any atom is -0.367 e. The standard InChI is InChI=1S/C18H22N4O2S/c1-13(20-18(24)16-7-4-12-25-16)17(23)21-14-5-2-3-6-15(14)22-10-8-19-9-11-22/h2-7,12-13,19H,8-11H2,1H3,(H,20,24)(H,21,23). The normalized spacial score (nSPS) is 15.5. The average molecular weight is 358 g/mol. The lowest BCUT2D eigenvalue weighted by atomic mass is 10.2. The van der Waals surface area contributed by atoms with Gasteiger partial charge in [0.15, 0.2) is 0 Å². The van der Waals surface area contributed by atoms with Crippen LogP contribution in [0.15, 0.2) is 41.8 Å². The van der Waals surface area contributed by atoms with Crippen molar-refractivity contribution in [3.63, 3.8) is 0 Å². The minimum atomic E-state index is -0.620. The highest BCUT2D eigenvalue weighted by Gasteiger charge is 2.20. The summed E-state index contributed by atoms with van der Waals surface area (Å²) in [5.41, 5.74) is 1.78. The SMILES string of the molecule is CC(NC(=O)c1cccs1)C(=O)Nc1ccccc1N1CCNCC1. The van der Waals surface area contributed by atoms with Gasteiger partial charge in [0, 0.05) is 26.2 Å². The van der Waals surface area contributed by atoms with Crippen LogP contribution in [0.5, 0.6) is 0 Å². The van der Waals surface area contributed by atoms with E-state index in [1.807, 2.05) is 35.7 Å². The first kappa shape index (κ1) is 17.4. The molecule has 1 fully saturated rings. The Balaban J connectivity index is 1.65. The number of piperazine rings is 1. The number of para-hydroxylation sites is 2. The van der Waals surface area contributed by atoms with Gasteiger partial charge in [-0.3, -0.25) is 9.59 Å². The summed E-state index contributed by atoms with van der Waals surface area (Å²) in [4.78, 5) is 27.4. The van der Waals surface area contributed by atoms with Crippen LogP contribution < -0.4 is 20.9 Å². The second-order valence-electron chi connectivity index (χ2n) is 5.92. The van der Waals surface area contributed by atoms with E-state index in [9.17, 15) is 9.59 Å². The van der Waals surface area contributed by atoms with Crippen molar-refractivity contribution < 1.29 is 9.59 Å². The molecule has 0 spiro atoms. The molecule has 3 N–H and O–H groups in total. The molecule has 7 heteroatoms. The van der Waals surface area contributed by atoms with Crippen LogP contribution in [0, 0.1) is 0 Å². The maximum absolute atomic E-state index is 12.5. The molecule has 132 valence electrons. The quantitative estimate of drug-likeness (QED) is 0.763. The molecule has 2 amide bonds.